The van der Waals surface area contributed by atoms with Gasteiger partial charge in [0.15, 0.2) is 0 Å². The molecule has 0 amide bonds. The third-order valence-electron chi connectivity index (χ3n) is 6.27. The third kappa shape index (κ3) is 2.96. The molecule has 0 aliphatic carbocycles. The van der Waals surface area contributed by atoms with E-state index in [0.29, 0.717) is 0 Å². The second-order valence-corrected chi connectivity index (χ2v) is 9.41. The molecule has 0 saturated carbocycles. The van der Waals surface area contributed by atoms with E-state index in [9.17, 15) is 0 Å². The first-order chi connectivity index (χ1) is 16.9. The molecular weight excluding hydrogens is 434 g/mol. The van der Waals surface area contributed by atoms with Crippen LogP contribution in [-0.4, -0.2) is 14.6 Å². The third-order valence-corrected chi connectivity index (χ3v) is 7.39. The summed E-state index contributed by atoms with van der Waals surface area (Å²) < 4.78 is 3.36. The standard InChI is InChI=1S/C30H19N3S/c1-2-10-20(11-3-1)28-29(27-19-22-13-5-7-16-26(22)34-27)32-33-25(24-15-8-9-17-31-24)18-21-12-4-6-14-23(21)30(28)33/h1-19H. The highest BCUT2D eigenvalue weighted by Gasteiger charge is 2.22. The first-order valence-electron chi connectivity index (χ1n) is 11.3. The molecule has 4 heterocycles. The van der Waals surface area contributed by atoms with Crippen molar-refractivity contribution in [1.82, 2.24) is 14.6 Å². The van der Waals surface area contributed by atoms with Crippen molar-refractivity contribution >= 4 is 37.7 Å². The van der Waals surface area contributed by atoms with Crippen molar-refractivity contribution in [3.05, 3.63) is 115 Å². The summed E-state index contributed by atoms with van der Waals surface area (Å²) in [6.45, 7) is 0. The highest BCUT2D eigenvalue weighted by Crippen LogP contribution is 2.43. The van der Waals surface area contributed by atoms with E-state index in [1.54, 1.807) is 11.3 Å². The van der Waals surface area contributed by atoms with Gasteiger partial charge in [-0.3, -0.25) is 4.98 Å². The Hall–Kier alpha value is -4.28. The molecule has 7 rings (SSSR count). The molecule has 3 nitrogen and oxygen atoms in total. The van der Waals surface area contributed by atoms with Crippen LogP contribution < -0.4 is 0 Å². The van der Waals surface area contributed by atoms with E-state index in [1.165, 1.54) is 25.7 Å². The monoisotopic (exact) mass is 453 g/mol. The van der Waals surface area contributed by atoms with Gasteiger partial charge in [-0.25, -0.2) is 4.52 Å². The van der Waals surface area contributed by atoms with Gasteiger partial charge >= 0.3 is 0 Å². The van der Waals surface area contributed by atoms with Crippen molar-refractivity contribution in [2.24, 2.45) is 0 Å². The molecule has 160 valence electrons. The Bertz CT molecular complexity index is 1760. The SMILES string of the molecule is c1ccc(-c2c(-c3cc4ccccc4s3)nn3c(-c4ccccn4)cc4ccccc4c23)cc1. The van der Waals surface area contributed by atoms with E-state index >= 15 is 0 Å². The molecule has 4 heteroatoms. The normalized spacial score (nSPS) is 11.5. The number of pyridine rings is 2. The molecule has 0 radical (unpaired) electrons. The highest BCUT2D eigenvalue weighted by molar-refractivity contribution is 7.22. The van der Waals surface area contributed by atoms with Crippen LogP contribution in [0.3, 0.4) is 0 Å². The van der Waals surface area contributed by atoms with Gasteiger partial charge in [0.1, 0.15) is 5.69 Å². The molecular formula is C30H19N3S. The average molecular weight is 454 g/mol. The average Bonchev–Trinajstić information content (AvgIpc) is 3.51. The van der Waals surface area contributed by atoms with E-state index in [4.69, 9.17) is 5.10 Å². The number of fused-ring (bicyclic) bond motifs is 4. The minimum Gasteiger partial charge on any atom is -0.255 e. The topological polar surface area (TPSA) is 30.2 Å². The predicted octanol–water partition coefficient (Wildman–Crippen LogP) is 8.10. The van der Waals surface area contributed by atoms with Crippen LogP contribution in [-0.2, 0) is 0 Å². The van der Waals surface area contributed by atoms with Crippen molar-refractivity contribution in [2.45, 2.75) is 0 Å². The Balaban J connectivity index is 1.67. The number of hydrogen-bond donors (Lipinski definition) is 0. The van der Waals surface area contributed by atoms with E-state index < -0.39 is 0 Å². The summed E-state index contributed by atoms with van der Waals surface area (Å²) in [6.07, 6.45) is 1.84. The zero-order chi connectivity index (χ0) is 22.5. The molecule has 4 aromatic heterocycles. The molecule has 3 aromatic carbocycles. The van der Waals surface area contributed by atoms with Gasteiger partial charge < -0.3 is 0 Å². The highest BCUT2D eigenvalue weighted by atomic mass is 32.1. The van der Waals surface area contributed by atoms with Crippen LogP contribution in [0.5, 0.6) is 0 Å². The number of rotatable bonds is 3. The van der Waals surface area contributed by atoms with Gasteiger partial charge in [-0.1, -0.05) is 78.9 Å². The van der Waals surface area contributed by atoms with E-state index in [0.717, 1.165) is 33.7 Å². The van der Waals surface area contributed by atoms with Crippen molar-refractivity contribution in [3.63, 3.8) is 0 Å². The first kappa shape index (κ1) is 19.2. The molecule has 0 unspecified atom stereocenters. The molecule has 0 N–H and O–H groups in total. The molecule has 34 heavy (non-hydrogen) atoms. The lowest BCUT2D eigenvalue weighted by Gasteiger charge is -2.09. The summed E-state index contributed by atoms with van der Waals surface area (Å²) in [4.78, 5) is 5.83. The number of nitrogens with zero attached hydrogens (tertiary/aromatic N) is 3. The molecule has 0 spiro atoms. The Labute approximate surface area is 200 Å². The molecule has 0 bridgehead atoms. The number of aromatic nitrogens is 3. The first-order valence-corrected chi connectivity index (χ1v) is 12.1. The molecule has 0 aliphatic heterocycles. The van der Waals surface area contributed by atoms with Crippen LogP contribution in [0.4, 0.5) is 0 Å². The van der Waals surface area contributed by atoms with Crippen LogP contribution in [0.2, 0.25) is 0 Å². The quantitative estimate of drug-likeness (QED) is 0.270. The summed E-state index contributed by atoms with van der Waals surface area (Å²) in [5, 5.41) is 8.87. The summed E-state index contributed by atoms with van der Waals surface area (Å²) >= 11 is 1.79. The maximum atomic E-state index is 5.27. The summed E-state index contributed by atoms with van der Waals surface area (Å²) in [7, 11) is 0. The van der Waals surface area contributed by atoms with Crippen LogP contribution in [0.15, 0.2) is 115 Å². The van der Waals surface area contributed by atoms with Crippen molar-refractivity contribution in [3.8, 4) is 33.1 Å². The van der Waals surface area contributed by atoms with Crippen LogP contribution >= 0.6 is 11.3 Å². The molecule has 0 aliphatic rings. The summed E-state index contributed by atoms with van der Waals surface area (Å²) in [6, 6.07) is 38.2. The smallest absolute Gasteiger partial charge is 0.111 e. The van der Waals surface area contributed by atoms with Crippen LogP contribution in [0.25, 0.3) is 59.5 Å². The largest absolute Gasteiger partial charge is 0.255 e. The number of benzene rings is 3. The fraction of sp³-hybridized carbons (Fsp3) is 0. The summed E-state index contributed by atoms with van der Waals surface area (Å²) in [5.41, 5.74) is 6.31. The number of hydrogen-bond acceptors (Lipinski definition) is 3. The van der Waals surface area contributed by atoms with E-state index in [-0.39, 0.29) is 0 Å². The second kappa shape index (κ2) is 7.65. The fourth-order valence-corrected chi connectivity index (χ4v) is 5.79. The predicted molar refractivity (Wildman–Crippen MR) is 142 cm³/mol. The number of thiophene rings is 1. The van der Waals surface area contributed by atoms with Gasteiger partial charge in [0.05, 0.1) is 21.8 Å². The van der Waals surface area contributed by atoms with Gasteiger partial charge in [0.25, 0.3) is 0 Å². The maximum Gasteiger partial charge on any atom is 0.111 e. The van der Waals surface area contributed by atoms with Gasteiger partial charge in [-0.15, -0.1) is 11.3 Å². The Morgan fingerprint density at radius 1 is 0.676 bits per heavy atom. The zero-order valence-electron chi connectivity index (χ0n) is 18.2. The van der Waals surface area contributed by atoms with Crippen molar-refractivity contribution < 1.29 is 0 Å². The maximum absolute atomic E-state index is 5.27. The lowest BCUT2D eigenvalue weighted by atomic mass is 9.99. The minimum absolute atomic E-state index is 0.906. The lowest BCUT2D eigenvalue weighted by Crippen LogP contribution is -1.97. The van der Waals surface area contributed by atoms with Crippen molar-refractivity contribution in [2.75, 3.05) is 0 Å². The van der Waals surface area contributed by atoms with Gasteiger partial charge in [0.2, 0.25) is 0 Å². The molecule has 0 atom stereocenters. The van der Waals surface area contributed by atoms with Gasteiger partial charge in [-0.05, 0) is 46.7 Å². The molecule has 0 fully saturated rings. The van der Waals surface area contributed by atoms with Gasteiger partial charge in [0, 0.05) is 21.8 Å². The van der Waals surface area contributed by atoms with E-state index in [1.807, 2.05) is 24.4 Å². The van der Waals surface area contributed by atoms with E-state index in [2.05, 4.69) is 100 Å². The minimum atomic E-state index is 0.906. The fourth-order valence-electron chi connectivity index (χ4n) is 4.73. The molecule has 7 aromatic rings. The van der Waals surface area contributed by atoms with Crippen LogP contribution in [0.1, 0.15) is 0 Å². The van der Waals surface area contributed by atoms with Crippen molar-refractivity contribution in [1.29, 1.82) is 0 Å². The molecule has 0 saturated heterocycles. The van der Waals surface area contributed by atoms with Crippen LogP contribution in [0, 0.1) is 0 Å². The Morgan fingerprint density at radius 2 is 1.44 bits per heavy atom. The van der Waals surface area contributed by atoms with Gasteiger partial charge in [-0.2, -0.15) is 5.10 Å². The zero-order valence-corrected chi connectivity index (χ0v) is 19.0. The Kier molecular flexibility index (Phi) is 4.32. The lowest BCUT2D eigenvalue weighted by molar-refractivity contribution is 0.974. The second-order valence-electron chi connectivity index (χ2n) is 8.33. The Morgan fingerprint density at radius 3 is 2.26 bits per heavy atom. The summed E-state index contributed by atoms with van der Waals surface area (Å²) in [5.74, 6) is 0.